The Morgan fingerprint density at radius 1 is 1.33 bits per heavy atom. The minimum absolute atomic E-state index is 0.0330. The molecule has 0 aliphatic rings. The first-order valence-corrected chi connectivity index (χ1v) is 7.71. The molecular weight excluding hydrogens is 330 g/mol. The number of benzene rings is 1. The SMILES string of the molecule is Cc1ccc(-c2csc(NC(=O)c3cnccn3)n2)cc1[N+](=O)[O-]. The third kappa shape index (κ3) is 3.25. The number of carbonyl (C=O) groups is 1. The first-order chi connectivity index (χ1) is 11.5. The fourth-order valence-electron chi connectivity index (χ4n) is 2.01. The molecule has 0 aliphatic heterocycles. The first-order valence-electron chi connectivity index (χ1n) is 6.83. The summed E-state index contributed by atoms with van der Waals surface area (Å²) >= 11 is 1.22. The van der Waals surface area contributed by atoms with Gasteiger partial charge in [-0.15, -0.1) is 11.3 Å². The molecule has 120 valence electrons. The molecule has 0 radical (unpaired) electrons. The molecule has 0 spiro atoms. The number of aryl methyl sites for hydroxylation is 1. The van der Waals surface area contributed by atoms with Crippen molar-refractivity contribution < 1.29 is 9.72 Å². The van der Waals surface area contributed by atoms with E-state index in [9.17, 15) is 14.9 Å². The van der Waals surface area contributed by atoms with Crippen molar-refractivity contribution in [2.75, 3.05) is 5.32 Å². The highest BCUT2D eigenvalue weighted by Gasteiger charge is 2.15. The molecule has 3 rings (SSSR count). The van der Waals surface area contributed by atoms with Crippen molar-refractivity contribution in [3.63, 3.8) is 0 Å². The number of aromatic nitrogens is 3. The smallest absolute Gasteiger partial charge is 0.277 e. The molecule has 1 aromatic carbocycles. The number of nitrogens with zero attached hydrogens (tertiary/aromatic N) is 4. The monoisotopic (exact) mass is 341 g/mol. The first kappa shape index (κ1) is 15.7. The van der Waals surface area contributed by atoms with Crippen LogP contribution in [0.4, 0.5) is 10.8 Å². The van der Waals surface area contributed by atoms with Crippen molar-refractivity contribution >= 4 is 28.1 Å². The fourth-order valence-corrected chi connectivity index (χ4v) is 2.72. The van der Waals surface area contributed by atoms with Crippen LogP contribution in [-0.2, 0) is 0 Å². The van der Waals surface area contributed by atoms with Gasteiger partial charge in [0.1, 0.15) is 5.69 Å². The van der Waals surface area contributed by atoms with Gasteiger partial charge in [-0.25, -0.2) is 9.97 Å². The van der Waals surface area contributed by atoms with Crippen LogP contribution in [0.25, 0.3) is 11.3 Å². The number of nitrogens with one attached hydrogen (secondary N) is 1. The van der Waals surface area contributed by atoms with Crippen molar-refractivity contribution in [3.05, 3.63) is 63.5 Å². The zero-order valence-corrected chi connectivity index (χ0v) is 13.3. The van der Waals surface area contributed by atoms with Gasteiger partial charge < -0.3 is 0 Å². The molecule has 0 saturated carbocycles. The van der Waals surface area contributed by atoms with Gasteiger partial charge in [0.05, 0.1) is 16.8 Å². The average molecular weight is 341 g/mol. The maximum absolute atomic E-state index is 12.0. The summed E-state index contributed by atoms with van der Waals surface area (Å²) < 4.78 is 0. The molecule has 0 aliphatic carbocycles. The van der Waals surface area contributed by atoms with Gasteiger partial charge in [0.25, 0.3) is 11.6 Å². The lowest BCUT2D eigenvalue weighted by Crippen LogP contribution is -2.13. The lowest BCUT2D eigenvalue weighted by Gasteiger charge is -2.01. The van der Waals surface area contributed by atoms with Crippen molar-refractivity contribution in [2.45, 2.75) is 6.92 Å². The van der Waals surface area contributed by atoms with Crippen LogP contribution in [0.3, 0.4) is 0 Å². The molecule has 2 aromatic heterocycles. The number of nitro benzene ring substituents is 1. The predicted molar refractivity (Wildman–Crippen MR) is 88.9 cm³/mol. The molecule has 0 saturated heterocycles. The summed E-state index contributed by atoms with van der Waals surface area (Å²) in [5, 5.41) is 15.8. The maximum Gasteiger partial charge on any atom is 0.277 e. The van der Waals surface area contributed by atoms with Crippen LogP contribution in [0, 0.1) is 17.0 Å². The van der Waals surface area contributed by atoms with Gasteiger partial charge in [0.2, 0.25) is 0 Å². The zero-order chi connectivity index (χ0) is 17.1. The topological polar surface area (TPSA) is 111 Å². The summed E-state index contributed by atoms with van der Waals surface area (Å²) in [4.78, 5) is 34.6. The third-order valence-corrected chi connectivity index (χ3v) is 3.98. The summed E-state index contributed by atoms with van der Waals surface area (Å²) in [5.41, 5.74) is 1.96. The van der Waals surface area contributed by atoms with Gasteiger partial charge in [-0.2, -0.15) is 0 Å². The highest BCUT2D eigenvalue weighted by Crippen LogP contribution is 2.29. The molecular formula is C15H11N5O3S. The Morgan fingerprint density at radius 3 is 2.88 bits per heavy atom. The number of amides is 1. The quantitative estimate of drug-likeness (QED) is 0.576. The molecule has 0 bridgehead atoms. The molecule has 1 N–H and O–H groups in total. The molecule has 1 amide bonds. The van der Waals surface area contributed by atoms with Crippen molar-refractivity contribution in [2.24, 2.45) is 0 Å². The van der Waals surface area contributed by atoms with E-state index in [4.69, 9.17) is 0 Å². The second kappa shape index (κ2) is 6.50. The molecule has 8 nitrogen and oxygen atoms in total. The maximum atomic E-state index is 12.0. The van der Waals surface area contributed by atoms with E-state index in [1.54, 1.807) is 24.4 Å². The second-order valence-electron chi connectivity index (χ2n) is 4.84. The third-order valence-electron chi connectivity index (χ3n) is 3.22. The van der Waals surface area contributed by atoms with Crippen LogP contribution in [0.15, 0.2) is 42.2 Å². The van der Waals surface area contributed by atoms with Crippen LogP contribution < -0.4 is 5.32 Å². The number of thiazole rings is 1. The summed E-state index contributed by atoms with van der Waals surface area (Å²) in [7, 11) is 0. The lowest BCUT2D eigenvalue weighted by atomic mass is 10.1. The minimum Gasteiger partial charge on any atom is -0.296 e. The van der Waals surface area contributed by atoms with Crippen molar-refractivity contribution in [1.82, 2.24) is 15.0 Å². The molecule has 0 fully saturated rings. The summed E-state index contributed by atoms with van der Waals surface area (Å²) in [6.45, 7) is 1.68. The summed E-state index contributed by atoms with van der Waals surface area (Å²) in [5.74, 6) is -0.418. The minimum atomic E-state index is -0.429. The number of hydrogen-bond acceptors (Lipinski definition) is 7. The van der Waals surface area contributed by atoms with E-state index in [1.165, 1.54) is 36.0 Å². The molecule has 0 atom stereocenters. The zero-order valence-electron chi connectivity index (χ0n) is 12.5. The van der Waals surface area contributed by atoms with Gasteiger partial charge in [-0.1, -0.05) is 12.1 Å². The summed E-state index contributed by atoms with van der Waals surface area (Å²) in [6, 6.07) is 4.90. The van der Waals surface area contributed by atoms with E-state index in [0.29, 0.717) is 22.0 Å². The Hall–Kier alpha value is -3.20. The Morgan fingerprint density at radius 2 is 2.17 bits per heavy atom. The van der Waals surface area contributed by atoms with Gasteiger partial charge in [0, 0.05) is 35.0 Å². The van der Waals surface area contributed by atoms with E-state index in [0.717, 1.165) is 0 Å². The fraction of sp³-hybridized carbons (Fsp3) is 0.0667. The highest BCUT2D eigenvalue weighted by molar-refractivity contribution is 7.14. The molecule has 3 aromatic rings. The van der Waals surface area contributed by atoms with E-state index in [-0.39, 0.29) is 11.4 Å². The normalized spacial score (nSPS) is 10.4. The second-order valence-corrected chi connectivity index (χ2v) is 5.70. The number of rotatable bonds is 4. The average Bonchev–Trinajstić information content (AvgIpc) is 3.04. The number of anilines is 1. The number of hydrogen-bond donors (Lipinski definition) is 1. The molecule has 24 heavy (non-hydrogen) atoms. The molecule has 2 heterocycles. The Balaban J connectivity index is 1.82. The highest BCUT2D eigenvalue weighted by atomic mass is 32.1. The summed E-state index contributed by atoms with van der Waals surface area (Å²) in [6.07, 6.45) is 4.25. The van der Waals surface area contributed by atoms with Crippen molar-refractivity contribution in [1.29, 1.82) is 0 Å². The Kier molecular flexibility index (Phi) is 4.25. The van der Waals surface area contributed by atoms with Gasteiger partial charge in [0.15, 0.2) is 5.13 Å². The molecule has 0 unspecified atom stereocenters. The van der Waals surface area contributed by atoms with Gasteiger partial charge in [-0.05, 0) is 6.92 Å². The van der Waals surface area contributed by atoms with Crippen LogP contribution in [0.5, 0.6) is 0 Å². The number of nitro groups is 1. The Bertz CT molecular complexity index is 910. The largest absolute Gasteiger partial charge is 0.296 e. The van der Waals surface area contributed by atoms with Crippen molar-refractivity contribution in [3.8, 4) is 11.3 Å². The Labute approximate surface area is 140 Å². The van der Waals surface area contributed by atoms with E-state index in [2.05, 4.69) is 20.3 Å². The lowest BCUT2D eigenvalue weighted by molar-refractivity contribution is -0.385. The van der Waals surface area contributed by atoms with Gasteiger partial charge >= 0.3 is 0 Å². The van der Waals surface area contributed by atoms with E-state index in [1.807, 2.05) is 0 Å². The number of carbonyl (C=O) groups excluding carboxylic acids is 1. The van der Waals surface area contributed by atoms with E-state index < -0.39 is 10.8 Å². The molecule has 9 heteroatoms. The predicted octanol–water partition coefficient (Wildman–Crippen LogP) is 3.07. The van der Waals surface area contributed by atoms with Crippen LogP contribution in [0.2, 0.25) is 0 Å². The van der Waals surface area contributed by atoms with Crippen LogP contribution >= 0.6 is 11.3 Å². The standard InChI is InChI=1S/C15H11N5O3S/c1-9-2-3-10(6-13(9)20(22)23)12-8-24-15(18-12)19-14(21)11-7-16-4-5-17-11/h2-8H,1H3,(H,18,19,21). The van der Waals surface area contributed by atoms with Crippen LogP contribution in [0.1, 0.15) is 16.1 Å². The van der Waals surface area contributed by atoms with Crippen LogP contribution in [-0.4, -0.2) is 25.8 Å². The van der Waals surface area contributed by atoms with E-state index >= 15 is 0 Å². The van der Waals surface area contributed by atoms with Gasteiger partial charge in [-0.3, -0.25) is 25.2 Å².